The van der Waals surface area contributed by atoms with Gasteiger partial charge >= 0.3 is 11.8 Å². The van der Waals surface area contributed by atoms with Gasteiger partial charge in [-0.1, -0.05) is 24.6 Å². The first-order chi connectivity index (χ1) is 14.3. The van der Waals surface area contributed by atoms with Crippen LogP contribution < -0.4 is 10.6 Å². The molecule has 0 bridgehead atoms. The normalized spacial score (nSPS) is 17.5. The molecule has 2 N–H and O–H groups in total. The standard InChI is InChI=1S/C21H27N3O4S2/c1-15-7-5-9-18(16(15)2)23-21(26)20(25)22-12-11-17-8-3-4-13-24(17)30(27,28)19-10-6-14-29-19/h5-7,9-10,14,17H,3-4,8,11-13H2,1-2H3,(H,22,25)(H,23,26). The van der Waals surface area contributed by atoms with E-state index in [1.54, 1.807) is 27.9 Å². The topological polar surface area (TPSA) is 95.6 Å². The molecule has 1 saturated heterocycles. The van der Waals surface area contributed by atoms with Crippen molar-refractivity contribution in [3.63, 3.8) is 0 Å². The summed E-state index contributed by atoms with van der Waals surface area (Å²) in [5.41, 5.74) is 2.54. The van der Waals surface area contributed by atoms with E-state index in [4.69, 9.17) is 0 Å². The largest absolute Gasteiger partial charge is 0.348 e. The molecule has 1 aromatic heterocycles. The van der Waals surface area contributed by atoms with E-state index in [-0.39, 0.29) is 12.6 Å². The number of rotatable bonds is 6. The Balaban J connectivity index is 1.56. The number of hydrogen-bond acceptors (Lipinski definition) is 5. The molecule has 2 amide bonds. The van der Waals surface area contributed by atoms with Gasteiger partial charge in [-0.05, 0) is 61.7 Å². The molecule has 9 heteroatoms. The average Bonchev–Trinajstić information content (AvgIpc) is 3.27. The Labute approximate surface area is 181 Å². The summed E-state index contributed by atoms with van der Waals surface area (Å²) >= 11 is 1.21. The van der Waals surface area contributed by atoms with Gasteiger partial charge in [-0.3, -0.25) is 9.59 Å². The predicted octanol–water partition coefficient (Wildman–Crippen LogP) is 3.05. The number of piperidine rings is 1. The van der Waals surface area contributed by atoms with Gasteiger partial charge in [0, 0.05) is 24.8 Å². The zero-order chi connectivity index (χ0) is 21.7. The quantitative estimate of drug-likeness (QED) is 0.663. The molecule has 162 valence electrons. The Hall–Kier alpha value is -2.23. The molecular weight excluding hydrogens is 422 g/mol. The molecule has 1 unspecified atom stereocenters. The molecule has 1 aromatic carbocycles. The number of hydrogen-bond donors (Lipinski definition) is 2. The van der Waals surface area contributed by atoms with E-state index in [1.165, 1.54) is 11.3 Å². The summed E-state index contributed by atoms with van der Waals surface area (Å²) in [7, 11) is -3.52. The number of anilines is 1. The number of amides is 2. The van der Waals surface area contributed by atoms with Crippen LogP contribution in [0.2, 0.25) is 0 Å². The summed E-state index contributed by atoms with van der Waals surface area (Å²) < 4.78 is 27.7. The Morgan fingerprint density at radius 2 is 1.93 bits per heavy atom. The van der Waals surface area contributed by atoms with E-state index in [0.717, 1.165) is 30.4 Å². The summed E-state index contributed by atoms with van der Waals surface area (Å²) in [5.74, 6) is -1.45. The number of nitrogens with one attached hydrogen (secondary N) is 2. The molecule has 30 heavy (non-hydrogen) atoms. The summed E-state index contributed by atoms with van der Waals surface area (Å²) in [6.45, 7) is 4.53. The van der Waals surface area contributed by atoms with E-state index in [0.29, 0.717) is 22.9 Å². The van der Waals surface area contributed by atoms with Crippen LogP contribution in [-0.4, -0.2) is 43.7 Å². The number of carbonyl (C=O) groups is 2. The average molecular weight is 450 g/mol. The Morgan fingerprint density at radius 3 is 2.67 bits per heavy atom. The van der Waals surface area contributed by atoms with Gasteiger partial charge < -0.3 is 10.6 Å². The maximum absolute atomic E-state index is 12.9. The SMILES string of the molecule is Cc1cccc(NC(=O)C(=O)NCCC2CCCCN2S(=O)(=O)c2cccs2)c1C. The Morgan fingerprint density at radius 1 is 1.13 bits per heavy atom. The van der Waals surface area contributed by atoms with Crippen molar-refractivity contribution in [2.45, 2.75) is 49.8 Å². The number of thiophene rings is 1. The summed E-state index contributed by atoms with van der Waals surface area (Å²) in [6.07, 6.45) is 2.98. The van der Waals surface area contributed by atoms with Crippen LogP contribution in [0.1, 0.15) is 36.8 Å². The van der Waals surface area contributed by atoms with Crippen LogP contribution in [0.15, 0.2) is 39.9 Å². The van der Waals surface area contributed by atoms with Gasteiger partial charge in [0.05, 0.1) is 0 Å². The molecule has 7 nitrogen and oxygen atoms in total. The molecule has 0 saturated carbocycles. The van der Waals surface area contributed by atoms with Crippen molar-refractivity contribution in [1.29, 1.82) is 0 Å². The van der Waals surface area contributed by atoms with Crippen LogP contribution in [-0.2, 0) is 19.6 Å². The minimum atomic E-state index is -3.52. The van der Waals surface area contributed by atoms with Gasteiger partial charge in [0.1, 0.15) is 4.21 Å². The lowest BCUT2D eigenvalue weighted by Gasteiger charge is -2.34. The van der Waals surface area contributed by atoms with E-state index in [9.17, 15) is 18.0 Å². The number of carbonyl (C=O) groups excluding carboxylic acids is 2. The third-order valence-corrected chi connectivity index (χ3v) is 8.78. The van der Waals surface area contributed by atoms with Crippen molar-refractivity contribution in [2.24, 2.45) is 0 Å². The fourth-order valence-corrected chi connectivity index (χ4v) is 6.45. The van der Waals surface area contributed by atoms with Crippen molar-refractivity contribution in [3.05, 3.63) is 46.8 Å². The summed E-state index contributed by atoms with van der Waals surface area (Å²) in [6, 6.07) is 8.67. The highest BCUT2D eigenvalue weighted by molar-refractivity contribution is 7.91. The second-order valence-electron chi connectivity index (χ2n) is 7.44. The van der Waals surface area contributed by atoms with Crippen LogP contribution >= 0.6 is 11.3 Å². The zero-order valence-corrected chi connectivity index (χ0v) is 18.8. The summed E-state index contributed by atoms with van der Waals surface area (Å²) in [4.78, 5) is 24.4. The van der Waals surface area contributed by atoms with Gasteiger partial charge in [0.25, 0.3) is 10.0 Å². The van der Waals surface area contributed by atoms with Crippen molar-refractivity contribution >= 4 is 38.9 Å². The highest BCUT2D eigenvalue weighted by Crippen LogP contribution is 2.29. The maximum Gasteiger partial charge on any atom is 0.313 e. The van der Waals surface area contributed by atoms with Gasteiger partial charge in [0.2, 0.25) is 0 Å². The van der Waals surface area contributed by atoms with Crippen molar-refractivity contribution < 1.29 is 18.0 Å². The van der Waals surface area contributed by atoms with Gasteiger partial charge in [-0.25, -0.2) is 8.42 Å². The smallest absolute Gasteiger partial charge is 0.313 e. The van der Waals surface area contributed by atoms with Crippen LogP contribution in [0.4, 0.5) is 5.69 Å². The van der Waals surface area contributed by atoms with Crippen LogP contribution in [0, 0.1) is 13.8 Å². The number of sulfonamides is 1. The minimum Gasteiger partial charge on any atom is -0.348 e. The number of benzene rings is 1. The van der Waals surface area contributed by atoms with Gasteiger partial charge in [0.15, 0.2) is 0 Å². The molecule has 3 rings (SSSR count). The Kier molecular flexibility index (Phi) is 7.27. The maximum atomic E-state index is 12.9. The second kappa shape index (κ2) is 9.72. The van der Waals surface area contributed by atoms with E-state index < -0.39 is 21.8 Å². The Bertz CT molecular complexity index is 1000. The monoisotopic (exact) mass is 449 g/mol. The predicted molar refractivity (Wildman–Crippen MR) is 118 cm³/mol. The molecular formula is C21H27N3O4S2. The molecule has 1 aliphatic heterocycles. The van der Waals surface area contributed by atoms with E-state index >= 15 is 0 Å². The van der Waals surface area contributed by atoms with Gasteiger partial charge in [-0.2, -0.15) is 4.31 Å². The van der Waals surface area contributed by atoms with Crippen LogP contribution in [0.3, 0.4) is 0 Å². The lowest BCUT2D eigenvalue weighted by molar-refractivity contribution is -0.136. The molecule has 0 radical (unpaired) electrons. The van der Waals surface area contributed by atoms with Crippen LogP contribution in [0.5, 0.6) is 0 Å². The first-order valence-electron chi connectivity index (χ1n) is 10.0. The molecule has 1 aliphatic rings. The van der Waals surface area contributed by atoms with E-state index in [1.807, 2.05) is 26.0 Å². The fraction of sp³-hybridized carbons (Fsp3) is 0.429. The van der Waals surface area contributed by atoms with Gasteiger partial charge in [-0.15, -0.1) is 11.3 Å². The molecule has 1 atom stereocenters. The first kappa shape index (κ1) is 22.5. The number of aryl methyl sites for hydroxylation is 1. The fourth-order valence-electron chi connectivity index (χ4n) is 3.60. The van der Waals surface area contributed by atoms with Crippen molar-refractivity contribution in [3.8, 4) is 0 Å². The number of nitrogens with zero attached hydrogens (tertiary/aromatic N) is 1. The molecule has 2 aromatic rings. The molecule has 2 heterocycles. The van der Waals surface area contributed by atoms with E-state index in [2.05, 4.69) is 10.6 Å². The molecule has 0 aliphatic carbocycles. The molecule has 1 fully saturated rings. The highest BCUT2D eigenvalue weighted by Gasteiger charge is 2.33. The van der Waals surface area contributed by atoms with Crippen LogP contribution in [0.25, 0.3) is 0 Å². The van der Waals surface area contributed by atoms with Crippen molar-refractivity contribution in [1.82, 2.24) is 9.62 Å². The minimum absolute atomic E-state index is 0.187. The first-order valence-corrected chi connectivity index (χ1v) is 12.3. The zero-order valence-electron chi connectivity index (χ0n) is 17.2. The summed E-state index contributed by atoms with van der Waals surface area (Å²) in [5, 5.41) is 7.01. The van der Waals surface area contributed by atoms with Crippen molar-refractivity contribution in [2.75, 3.05) is 18.4 Å². The lowest BCUT2D eigenvalue weighted by atomic mass is 10.0. The third-order valence-electron chi connectivity index (χ3n) is 5.45. The third kappa shape index (κ3) is 5.08. The second-order valence-corrected chi connectivity index (χ2v) is 10.5. The lowest BCUT2D eigenvalue weighted by Crippen LogP contribution is -2.45. The highest BCUT2D eigenvalue weighted by atomic mass is 32.2. The molecule has 0 spiro atoms.